The SMILES string of the molecule is CCCN1C(=O)COc2ccc(NC(=O)c3cc([N+](=O)[O-])cc([N+](=O)[O-])c3)cc21. The van der Waals surface area contributed by atoms with Crippen LogP contribution in [0, 0.1) is 20.2 Å². The largest absolute Gasteiger partial charge is 0.482 e. The van der Waals surface area contributed by atoms with E-state index in [0.29, 0.717) is 23.7 Å². The maximum atomic E-state index is 12.5. The van der Waals surface area contributed by atoms with Crippen molar-refractivity contribution in [1.29, 1.82) is 0 Å². The number of amides is 2. The Kier molecular flexibility index (Phi) is 5.39. The van der Waals surface area contributed by atoms with E-state index < -0.39 is 27.1 Å². The van der Waals surface area contributed by atoms with Crippen LogP contribution in [0.4, 0.5) is 22.7 Å². The van der Waals surface area contributed by atoms with Crippen molar-refractivity contribution in [3.63, 3.8) is 0 Å². The Labute approximate surface area is 164 Å². The van der Waals surface area contributed by atoms with Gasteiger partial charge < -0.3 is 15.0 Å². The smallest absolute Gasteiger partial charge is 0.277 e. The van der Waals surface area contributed by atoms with Crippen LogP contribution in [0.3, 0.4) is 0 Å². The maximum absolute atomic E-state index is 12.5. The van der Waals surface area contributed by atoms with Crippen LogP contribution in [0.15, 0.2) is 36.4 Å². The highest BCUT2D eigenvalue weighted by Gasteiger charge is 2.26. The molecule has 11 nitrogen and oxygen atoms in total. The number of carbonyl (C=O) groups is 2. The molecule has 0 fully saturated rings. The second-order valence-corrected chi connectivity index (χ2v) is 6.22. The zero-order valence-electron chi connectivity index (χ0n) is 15.3. The average molecular weight is 400 g/mol. The molecule has 1 N–H and O–H groups in total. The third-order valence-corrected chi connectivity index (χ3v) is 4.19. The van der Waals surface area contributed by atoms with Crippen LogP contribution < -0.4 is 15.0 Å². The summed E-state index contributed by atoms with van der Waals surface area (Å²) >= 11 is 0. The molecular weight excluding hydrogens is 384 g/mol. The Morgan fingerprint density at radius 3 is 2.38 bits per heavy atom. The van der Waals surface area contributed by atoms with E-state index in [1.807, 2.05) is 6.92 Å². The van der Waals surface area contributed by atoms with Gasteiger partial charge in [-0.1, -0.05) is 6.92 Å². The van der Waals surface area contributed by atoms with Crippen LogP contribution in [0.1, 0.15) is 23.7 Å². The molecule has 0 aliphatic carbocycles. The molecule has 1 aliphatic heterocycles. The number of non-ortho nitro benzene ring substituents is 2. The fraction of sp³-hybridized carbons (Fsp3) is 0.222. The third-order valence-electron chi connectivity index (χ3n) is 4.19. The fourth-order valence-corrected chi connectivity index (χ4v) is 2.89. The normalized spacial score (nSPS) is 12.7. The van der Waals surface area contributed by atoms with E-state index in [1.165, 1.54) is 0 Å². The minimum absolute atomic E-state index is 0.0734. The molecule has 11 heteroatoms. The second kappa shape index (κ2) is 7.92. The molecule has 1 aliphatic rings. The molecule has 1 heterocycles. The molecule has 0 spiro atoms. The number of benzene rings is 2. The molecule has 2 aromatic rings. The lowest BCUT2D eigenvalue weighted by Gasteiger charge is -2.29. The second-order valence-electron chi connectivity index (χ2n) is 6.22. The predicted octanol–water partition coefficient (Wildman–Crippen LogP) is 2.89. The van der Waals surface area contributed by atoms with Gasteiger partial charge in [-0.25, -0.2) is 0 Å². The van der Waals surface area contributed by atoms with Crippen molar-refractivity contribution in [2.45, 2.75) is 13.3 Å². The minimum atomic E-state index is -0.811. The Morgan fingerprint density at radius 1 is 1.14 bits per heavy atom. The summed E-state index contributed by atoms with van der Waals surface area (Å²) in [5, 5.41) is 24.5. The molecule has 0 bridgehead atoms. The molecule has 0 aromatic heterocycles. The van der Waals surface area contributed by atoms with Crippen LogP contribution >= 0.6 is 0 Å². The molecule has 150 valence electrons. The predicted molar refractivity (Wildman–Crippen MR) is 102 cm³/mol. The Hall–Kier alpha value is -4.02. The first-order chi connectivity index (χ1) is 13.8. The fourth-order valence-electron chi connectivity index (χ4n) is 2.89. The van der Waals surface area contributed by atoms with Gasteiger partial charge >= 0.3 is 0 Å². The summed E-state index contributed by atoms with van der Waals surface area (Å²) in [6.45, 7) is 2.32. The summed E-state index contributed by atoms with van der Waals surface area (Å²) in [4.78, 5) is 46.5. The van der Waals surface area contributed by atoms with E-state index in [4.69, 9.17) is 4.74 Å². The highest BCUT2D eigenvalue weighted by Crippen LogP contribution is 2.35. The monoisotopic (exact) mass is 400 g/mol. The molecule has 0 unspecified atom stereocenters. The molecule has 2 aromatic carbocycles. The van der Waals surface area contributed by atoms with E-state index in [0.717, 1.165) is 24.6 Å². The van der Waals surface area contributed by atoms with E-state index in [9.17, 15) is 29.8 Å². The van der Waals surface area contributed by atoms with Gasteiger partial charge in [-0.2, -0.15) is 0 Å². The molecule has 0 atom stereocenters. The van der Waals surface area contributed by atoms with Crippen molar-refractivity contribution in [2.75, 3.05) is 23.4 Å². The standard InChI is InChI=1S/C18H16N4O7/c1-2-5-20-15-8-12(3-4-16(15)29-10-17(20)23)19-18(24)11-6-13(21(25)26)9-14(7-11)22(27)28/h3-4,6-9H,2,5,10H2,1H3,(H,19,24). The van der Waals surface area contributed by atoms with E-state index in [1.54, 1.807) is 23.1 Å². The molecular formula is C18H16N4O7. The number of nitro groups is 2. The van der Waals surface area contributed by atoms with Crippen molar-refractivity contribution in [1.82, 2.24) is 0 Å². The molecule has 29 heavy (non-hydrogen) atoms. The molecule has 3 rings (SSSR count). The number of hydrogen-bond acceptors (Lipinski definition) is 7. The Balaban J connectivity index is 1.91. The summed E-state index contributed by atoms with van der Waals surface area (Å²) in [6, 6.07) is 7.37. The first-order valence-corrected chi connectivity index (χ1v) is 8.62. The first kappa shape index (κ1) is 19.7. The summed E-state index contributed by atoms with van der Waals surface area (Å²) in [6.07, 6.45) is 0.721. The zero-order chi connectivity index (χ0) is 21.1. The van der Waals surface area contributed by atoms with Gasteiger partial charge in [-0.15, -0.1) is 0 Å². The number of rotatable bonds is 6. The number of fused-ring (bicyclic) bond motifs is 1. The van der Waals surface area contributed by atoms with Gasteiger partial charge in [0, 0.05) is 24.4 Å². The number of carbonyl (C=O) groups excluding carboxylic acids is 2. The van der Waals surface area contributed by atoms with Crippen molar-refractivity contribution in [3.05, 3.63) is 62.2 Å². The highest BCUT2D eigenvalue weighted by atomic mass is 16.6. The van der Waals surface area contributed by atoms with E-state index >= 15 is 0 Å². The van der Waals surface area contributed by atoms with Gasteiger partial charge in [0.2, 0.25) is 0 Å². The van der Waals surface area contributed by atoms with Crippen molar-refractivity contribution in [2.24, 2.45) is 0 Å². The van der Waals surface area contributed by atoms with Crippen LogP contribution in [0.25, 0.3) is 0 Å². The zero-order valence-corrected chi connectivity index (χ0v) is 15.3. The lowest BCUT2D eigenvalue weighted by molar-refractivity contribution is -0.394. The van der Waals surface area contributed by atoms with Crippen LogP contribution in [0.5, 0.6) is 5.75 Å². The summed E-state index contributed by atoms with van der Waals surface area (Å²) in [7, 11) is 0. The number of anilines is 2. The topological polar surface area (TPSA) is 145 Å². The number of ether oxygens (including phenoxy) is 1. The number of nitrogens with one attached hydrogen (secondary N) is 1. The van der Waals surface area contributed by atoms with Crippen LogP contribution in [-0.2, 0) is 4.79 Å². The summed E-state index contributed by atoms with van der Waals surface area (Å²) in [5.41, 5.74) is -0.569. The van der Waals surface area contributed by atoms with Crippen molar-refractivity contribution < 1.29 is 24.2 Å². The highest BCUT2D eigenvalue weighted by molar-refractivity contribution is 6.06. The van der Waals surface area contributed by atoms with E-state index in [-0.39, 0.29) is 18.1 Å². The third kappa shape index (κ3) is 4.13. The molecule has 0 saturated heterocycles. The molecule has 0 saturated carbocycles. The van der Waals surface area contributed by atoms with Gasteiger partial charge in [0.1, 0.15) is 5.75 Å². The lowest BCUT2D eigenvalue weighted by Crippen LogP contribution is -2.39. The quantitative estimate of drug-likeness (QED) is 0.579. The van der Waals surface area contributed by atoms with Gasteiger partial charge in [0.25, 0.3) is 23.2 Å². The Bertz CT molecular complexity index is 989. The van der Waals surface area contributed by atoms with E-state index in [2.05, 4.69) is 5.32 Å². The van der Waals surface area contributed by atoms with Gasteiger partial charge in [-0.3, -0.25) is 29.8 Å². The van der Waals surface area contributed by atoms with Crippen molar-refractivity contribution >= 4 is 34.6 Å². The Morgan fingerprint density at radius 2 is 1.79 bits per heavy atom. The molecule has 2 amide bonds. The number of nitrogens with zero attached hydrogens (tertiary/aromatic N) is 3. The molecule has 0 radical (unpaired) electrons. The summed E-state index contributed by atoms with van der Waals surface area (Å²) < 4.78 is 5.39. The minimum Gasteiger partial charge on any atom is -0.482 e. The summed E-state index contributed by atoms with van der Waals surface area (Å²) in [5.74, 6) is -0.485. The van der Waals surface area contributed by atoms with Gasteiger partial charge in [0.15, 0.2) is 6.61 Å². The first-order valence-electron chi connectivity index (χ1n) is 8.62. The number of nitro benzene ring substituents is 2. The van der Waals surface area contributed by atoms with Gasteiger partial charge in [-0.05, 0) is 24.6 Å². The van der Waals surface area contributed by atoms with Crippen LogP contribution in [0.2, 0.25) is 0 Å². The lowest BCUT2D eigenvalue weighted by atomic mass is 10.1. The average Bonchev–Trinajstić information content (AvgIpc) is 2.69. The van der Waals surface area contributed by atoms with Gasteiger partial charge in [0.05, 0.1) is 27.2 Å². The van der Waals surface area contributed by atoms with Crippen LogP contribution in [-0.4, -0.2) is 34.8 Å². The van der Waals surface area contributed by atoms with Crippen molar-refractivity contribution in [3.8, 4) is 5.75 Å². The maximum Gasteiger partial charge on any atom is 0.277 e. The number of hydrogen-bond donors (Lipinski definition) is 1.